The number of unbranched alkanes of at least 4 members (excludes halogenated alkanes) is 18. The van der Waals surface area contributed by atoms with Crippen LogP contribution in [0.25, 0.3) is 0 Å². The zero-order valence-corrected chi connectivity index (χ0v) is 32.1. The fourth-order valence-corrected chi connectivity index (χ4v) is 5.91. The highest BCUT2D eigenvalue weighted by atomic mass is 16.5. The Hall–Kier alpha value is -2.18. The van der Waals surface area contributed by atoms with Gasteiger partial charge in [0.05, 0.1) is 25.2 Å². The van der Waals surface area contributed by atoms with E-state index in [2.05, 4.69) is 44.3 Å². The van der Waals surface area contributed by atoms with Gasteiger partial charge in [0.15, 0.2) is 0 Å². The summed E-state index contributed by atoms with van der Waals surface area (Å²) < 4.78 is 5.83. The summed E-state index contributed by atoms with van der Waals surface area (Å²) in [5.74, 6) is -0.529. The predicted molar refractivity (Wildman–Crippen MR) is 209 cm³/mol. The van der Waals surface area contributed by atoms with Crippen LogP contribution < -0.4 is 5.32 Å². The Bertz CT molecular complexity index is 864. The lowest BCUT2D eigenvalue weighted by Crippen LogP contribution is -2.46. The highest BCUT2D eigenvalue weighted by Gasteiger charge is 2.24. The lowest BCUT2D eigenvalue weighted by molar-refractivity contribution is -0.151. The van der Waals surface area contributed by atoms with Gasteiger partial charge >= 0.3 is 5.97 Å². The molecule has 0 saturated heterocycles. The van der Waals surface area contributed by atoms with Gasteiger partial charge < -0.3 is 20.3 Å². The number of carbonyl (C=O) groups excluding carboxylic acids is 2. The molecule has 284 valence electrons. The summed E-state index contributed by atoms with van der Waals surface area (Å²) in [7, 11) is 0. The van der Waals surface area contributed by atoms with E-state index in [1.165, 1.54) is 70.6 Å². The number of nitrogens with one attached hydrogen (secondary N) is 1. The maximum Gasteiger partial charge on any atom is 0.306 e. The minimum atomic E-state index is -0.789. The van der Waals surface area contributed by atoms with E-state index in [0.29, 0.717) is 19.3 Å². The Labute approximate surface area is 302 Å². The van der Waals surface area contributed by atoms with Crippen LogP contribution in [0.2, 0.25) is 0 Å². The lowest BCUT2D eigenvalue weighted by atomic mass is 10.0. The van der Waals surface area contributed by atoms with E-state index < -0.39 is 18.2 Å². The van der Waals surface area contributed by atoms with E-state index in [9.17, 15) is 19.8 Å². The lowest BCUT2D eigenvalue weighted by Gasteiger charge is -2.24. The van der Waals surface area contributed by atoms with Crippen molar-refractivity contribution in [3.8, 4) is 0 Å². The second kappa shape index (κ2) is 37.1. The molecule has 3 unspecified atom stereocenters. The summed E-state index contributed by atoms with van der Waals surface area (Å²) in [6.45, 7) is 6.26. The van der Waals surface area contributed by atoms with Crippen molar-refractivity contribution < 1.29 is 24.5 Å². The van der Waals surface area contributed by atoms with Crippen LogP contribution in [-0.4, -0.2) is 46.9 Å². The topological polar surface area (TPSA) is 95.9 Å². The number of hydrogen-bond acceptors (Lipinski definition) is 5. The van der Waals surface area contributed by atoms with E-state index in [1.54, 1.807) is 0 Å². The van der Waals surface area contributed by atoms with Crippen molar-refractivity contribution in [1.29, 1.82) is 0 Å². The molecule has 0 aromatic rings. The van der Waals surface area contributed by atoms with Crippen molar-refractivity contribution in [3.05, 3.63) is 48.6 Å². The van der Waals surface area contributed by atoms with Gasteiger partial charge in [-0.15, -0.1) is 0 Å². The zero-order valence-electron chi connectivity index (χ0n) is 32.1. The first-order chi connectivity index (χ1) is 24.0. The number of aliphatic hydroxyl groups is 2. The molecular formula is C43H77NO5. The molecule has 3 atom stereocenters. The molecule has 0 saturated carbocycles. The van der Waals surface area contributed by atoms with Crippen LogP contribution in [0.3, 0.4) is 0 Å². The first-order valence-electron chi connectivity index (χ1n) is 20.4. The van der Waals surface area contributed by atoms with Crippen molar-refractivity contribution in [2.75, 3.05) is 6.61 Å². The van der Waals surface area contributed by atoms with Crippen molar-refractivity contribution in [2.45, 2.75) is 206 Å². The Morgan fingerprint density at radius 2 is 1.10 bits per heavy atom. The van der Waals surface area contributed by atoms with Crippen LogP contribution in [0.4, 0.5) is 0 Å². The maximum atomic E-state index is 13.0. The van der Waals surface area contributed by atoms with Crippen LogP contribution in [0.1, 0.15) is 188 Å². The van der Waals surface area contributed by atoms with Crippen LogP contribution in [0.15, 0.2) is 48.6 Å². The second-order valence-electron chi connectivity index (χ2n) is 13.8. The molecule has 0 radical (unpaired) electrons. The molecule has 1 amide bonds. The molecular weight excluding hydrogens is 610 g/mol. The Morgan fingerprint density at radius 1 is 0.612 bits per heavy atom. The third-order valence-corrected chi connectivity index (χ3v) is 9.02. The van der Waals surface area contributed by atoms with Gasteiger partial charge in [0.1, 0.15) is 6.10 Å². The van der Waals surface area contributed by atoms with Gasteiger partial charge in [-0.25, -0.2) is 0 Å². The minimum Gasteiger partial charge on any atom is -0.462 e. The van der Waals surface area contributed by atoms with Crippen LogP contribution in [0, 0.1) is 0 Å². The zero-order chi connectivity index (χ0) is 36.0. The monoisotopic (exact) mass is 688 g/mol. The Balaban J connectivity index is 4.58. The first kappa shape index (κ1) is 46.8. The molecule has 0 aromatic heterocycles. The molecule has 6 nitrogen and oxygen atoms in total. The largest absolute Gasteiger partial charge is 0.462 e. The average Bonchev–Trinajstić information content (AvgIpc) is 3.09. The number of esters is 1. The van der Waals surface area contributed by atoms with Crippen molar-refractivity contribution in [2.24, 2.45) is 0 Å². The molecule has 0 aliphatic rings. The van der Waals surface area contributed by atoms with Crippen molar-refractivity contribution in [1.82, 2.24) is 5.32 Å². The summed E-state index contributed by atoms with van der Waals surface area (Å²) in [6.07, 6.45) is 41.8. The number of allylic oxidation sites excluding steroid dienone is 8. The number of rotatable bonds is 35. The van der Waals surface area contributed by atoms with E-state index >= 15 is 0 Å². The van der Waals surface area contributed by atoms with Crippen molar-refractivity contribution >= 4 is 11.9 Å². The minimum absolute atomic E-state index is 0.0610. The van der Waals surface area contributed by atoms with Crippen LogP contribution in [0.5, 0.6) is 0 Å². The Kier molecular flexibility index (Phi) is 35.4. The van der Waals surface area contributed by atoms with E-state index in [1.807, 2.05) is 30.4 Å². The van der Waals surface area contributed by atoms with Gasteiger partial charge in [-0.3, -0.25) is 9.59 Å². The van der Waals surface area contributed by atoms with Gasteiger partial charge in [-0.1, -0.05) is 179 Å². The van der Waals surface area contributed by atoms with Gasteiger partial charge in [0.2, 0.25) is 5.91 Å². The molecule has 0 spiro atoms. The number of hydrogen-bond donors (Lipinski definition) is 3. The maximum absolute atomic E-state index is 13.0. The van der Waals surface area contributed by atoms with Gasteiger partial charge in [-0.2, -0.15) is 0 Å². The summed E-state index contributed by atoms with van der Waals surface area (Å²) in [5, 5.41) is 23.5. The third-order valence-electron chi connectivity index (χ3n) is 9.02. The summed E-state index contributed by atoms with van der Waals surface area (Å²) in [4.78, 5) is 25.7. The first-order valence-corrected chi connectivity index (χ1v) is 20.4. The van der Waals surface area contributed by atoms with Crippen LogP contribution >= 0.6 is 0 Å². The summed E-state index contributed by atoms with van der Waals surface area (Å²) >= 11 is 0. The molecule has 0 fully saturated rings. The van der Waals surface area contributed by atoms with Gasteiger partial charge in [0.25, 0.3) is 0 Å². The number of amides is 1. The molecule has 0 aromatic carbocycles. The third kappa shape index (κ3) is 32.8. The molecule has 3 N–H and O–H groups in total. The number of aliphatic hydroxyl groups excluding tert-OH is 2. The molecule has 0 aliphatic carbocycles. The normalized spacial score (nSPS) is 14.0. The molecule has 0 aliphatic heterocycles. The Morgan fingerprint density at radius 3 is 1.65 bits per heavy atom. The average molecular weight is 688 g/mol. The van der Waals surface area contributed by atoms with Crippen molar-refractivity contribution in [3.63, 3.8) is 0 Å². The highest BCUT2D eigenvalue weighted by Crippen LogP contribution is 2.17. The summed E-state index contributed by atoms with van der Waals surface area (Å²) in [5.41, 5.74) is 0. The summed E-state index contributed by atoms with van der Waals surface area (Å²) in [6, 6.07) is -0.704. The molecule has 0 bridgehead atoms. The molecule has 49 heavy (non-hydrogen) atoms. The van der Waals surface area contributed by atoms with E-state index in [-0.39, 0.29) is 24.9 Å². The number of carbonyl (C=O) groups is 2. The standard InChI is InChI=1S/C43H77NO5/c1-4-7-10-13-16-18-20-21-22-24-27-30-33-36-43(48)49-39(34-31-28-25-15-12-9-6-3)37-42(47)44-40(38-45)41(46)35-32-29-26-23-19-17-14-11-8-5-2/h7,10,13,16,18,20-22,39-41,45-46H,4-6,8-9,11-12,14-15,17,19,23-38H2,1-3H3,(H,44,47)/b10-7+,16-13+,20-18-,22-21-. The van der Waals surface area contributed by atoms with Gasteiger partial charge in [0, 0.05) is 6.42 Å². The second-order valence-corrected chi connectivity index (χ2v) is 13.8. The molecule has 0 rings (SSSR count). The van der Waals surface area contributed by atoms with E-state index in [0.717, 1.165) is 70.6 Å². The predicted octanol–water partition coefficient (Wildman–Crippen LogP) is 11.2. The van der Waals surface area contributed by atoms with E-state index in [4.69, 9.17) is 4.74 Å². The molecule has 6 heteroatoms. The fraction of sp³-hybridized carbons (Fsp3) is 0.767. The smallest absolute Gasteiger partial charge is 0.306 e. The highest BCUT2D eigenvalue weighted by molar-refractivity contribution is 5.77. The quantitative estimate of drug-likeness (QED) is 0.0350. The molecule has 0 heterocycles. The fourth-order valence-electron chi connectivity index (χ4n) is 5.91. The van der Waals surface area contributed by atoms with Crippen LogP contribution in [-0.2, 0) is 14.3 Å². The SMILES string of the molecule is CC/C=C/C=C/C=C\C=C/CCCCCC(=O)OC(CCCCCCCCC)CC(=O)NC(CO)C(O)CCCCCCCCCCCC. The number of ether oxygens (including phenoxy) is 1. The van der Waals surface area contributed by atoms with Gasteiger partial charge in [-0.05, 0) is 44.9 Å².